The van der Waals surface area contributed by atoms with Gasteiger partial charge in [-0.2, -0.15) is 0 Å². The van der Waals surface area contributed by atoms with Gasteiger partial charge in [0.05, 0.1) is 12.5 Å². The van der Waals surface area contributed by atoms with Crippen LogP contribution in [0.5, 0.6) is 0 Å². The highest BCUT2D eigenvalue weighted by Crippen LogP contribution is 2.07. The molecule has 1 unspecified atom stereocenters. The van der Waals surface area contributed by atoms with Crippen LogP contribution < -0.4 is 10.6 Å². The zero-order valence-corrected chi connectivity index (χ0v) is 8.80. The maximum Gasteiger partial charge on any atom is 0.244 e. The summed E-state index contributed by atoms with van der Waals surface area (Å²) in [5.74, 6) is 0.247. The summed E-state index contributed by atoms with van der Waals surface area (Å²) >= 11 is 0. The fourth-order valence-corrected chi connectivity index (χ4v) is 1.60. The minimum Gasteiger partial charge on any atom is -0.305 e. The highest BCUT2D eigenvalue weighted by atomic mass is 16.2. The Hall–Kier alpha value is -0.900. The van der Waals surface area contributed by atoms with Crippen LogP contribution in [-0.4, -0.2) is 24.4 Å². The summed E-state index contributed by atoms with van der Waals surface area (Å²) < 4.78 is 0. The zero-order valence-electron chi connectivity index (χ0n) is 8.80. The zero-order chi connectivity index (χ0) is 10.6. The average Bonchev–Trinajstić information content (AvgIpc) is 2.47. The molecule has 14 heavy (non-hydrogen) atoms. The van der Waals surface area contributed by atoms with Crippen LogP contribution in [-0.2, 0) is 9.59 Å². The van der Waals surface area contributed by atoms with Gasteiger partial charge in [0.1, 0.15) is 0 Å². The third-order valence-electron chi connectivity index (χ3n) is 2.78. The van der Waals surface area contributed by atoms with Crippen molar-refractivity contribution in [2.24, 2.45) is 5.92 Å². The van der Waals surface area contributed by atoms with E-state index in [0.29, 0.717) is 12.3 Å². The van der Waals surface area contributed by atoms with Crippen molar-refractivity contribution in [1.29, 1.82) is 0 Å². The van der Waals surface area contributed by atoms with Crippen LogP contribution in [0.15, 0.2) is 0 Å². The summed E-state index contributed by atoms with van der Waals surface area (Å²) in [4.78, 5) is 22.1. The van der Waals surface area contributed by atoms with Gasteiger partial charge in [-0.05, 0) is 12.5 Å². The second-order valence-electron chi connectivity index (χ2n) is 3.76. The second-order valence-corrected chi connectivity index (χ2v) is 3.76. The SMILES string of the molecule is CCC(CC)CNC1CC(=O)NC1=O. The van der Waals surface area contributed by atoms with Crippen LogP contribution in [0.3, 0.4) is 0 Å². The molecule has 2 amide bonds. The molecule has 2 N–H and O–H groups in total. The highest BCUT2D eigenvalue weighted by Gasteiger charge is 2.29. The first-order valence-electron chi connectivity index (χ1n) is 5.24. The van der Waals surface area contributed by atoms with Crippen LogP contribution in [0.2, 0.25) is 0 Å². The maximum absolute atomic E-state index is 11.2. The van der Waals surface area contributed by atoms with Crippen molar-refractivity contribution in [2.45, 2.75) is 39.2 Å². The fraction of sp³-hybridized carbons (Fsp3) is 0.800. The summed E-state index contributed by atoms with van der Waals surface area (Å²) in [6.45, 7) is 5.09. The van der Waals surface area contributed by atoms with E-state index in [0.717, 1.165) is 19.4 Å². The summed E-state index contributed by atoms with van der Waals surface area (Å²) in [7, 11) is 0. The Balaban J connectivity index is 2.31. The lowest BCUT2D eigenvalue weighted by molar-refractivity contribution is -0.125. The molecule has 80 valence electrons. The minimum atomic E-state index is -0.303. The molecular formula is C10H18N2O2. The molecule has 1 rings (SSSR count). The van der Waals surface area contributed by atoms with Crippen LogP contribution in [0.25, 0.3) is 0 Å². The molecule has 0 saturated carbocycles. The maximum atomic E-state index is 11.2. The molecule has 0 radical (unpaired) electrons. The number of hydrogen-bond donors (Lipinski definition) is 2. The molecule has 1 saturated heterocycles. The van der Waals surface area contributed by atoms with Crippen molar-refractivity contribution in [2.75, 3.05) is 6.54 Å². The van der Waals surface area contributed by atoms with E-state index < -0.39 is 0 Å². The Kier molecular flexibility index (Phi) is 4.07. The van der Waals surface area contributed by atoms with Crippen LogP contribution >= 0.6 is 0 Å². The predicted octanol–water partition coefficient (Wildman–Crippen LogP) is 0.427. The topological polar surface area (TPSA) is 58.2 Å². The molecule has 0 aliphatic carbocycles. The fourth-order valence-electron chi connectivity index (χ4n) is 1.60. The lowest BCUT2D eigenvalue weighted by atomic mass is 10.0. The summed E-state index contributed by atoms with van der Waals surface area (Å²) in [5, 5.41) is 5.42. The van der Waals surface area contributed by atoms with Gasteiger partial charge in [-0.15, -0.1) is 0 Å². The van der Waals surface area contributed by atoms with Gasteiger partial charge in [-0.1, -0.05) is 26.7 Å². The highest BCUT2D eigenvalue weighted by molar-refractivity contribution is 6.05. The van der Waals surface area contributed by atoms with Gasteiger partial charge < -0.3 is 5.32 Å². The molecule has 0 aromatic heterocycles. The summed E-state index contributed by atoms with van der Waals surface area (Å²) in [6.07, 6.45) is 2.50. The number of carbonyl (C=O) groups excluding carboxylic acids is 2. The van der Waals surface area contributed by atoms with Crippen molar-refractivity contribution in [3.05, 3.63) is 0 Å². The lowest BCUT2D eigenvalue weighted by Crippen LogP contribution is -2.38. The van der Waals surface area contributed by atoms with E-state index in [-0.39, 0.29) is 17.9 Å². The average molecular weight is 198 g/mol. The molecule has 0 bridgehead atoms. The Morgan fingerprint density at radius 1 is 1.43 bits per heavy atom. The molecule has 0 aromatic rings. The molecule has 0 spiro atoms. The van der Waals surface area contributed by atoms with Crippen molar-refractivity contribution in [3.63, 3.8) is 0 Å². The summed E-state index contributed by atoms with van der Waals surface area (Å²) in [6, 6.07) is -0.303. The quantitative estimate of drug-likeness (QED) is 0.630. The van der Waals surface area contributed by atoms with Crippen LogP contribution in [0.4, 0.5) is 0 Å². The van der Waals surface area contributed by atoms with E-state index in [1.807, 2.05) is 0 Å². The first-order chi connectivity index (χ1) is 6.67. The summed E-state index contributed by atoms with van der Waals surface area (Å²) in [5.41, 5.74) is 0. The van der Waals surface area contributed by atoms with Gasteiger partial charge >= 0.3 is 0 Å². The van der Waals surface area contributed by atoms with Gasteiger partial charge in [0.2, 0.25) is 11.8 Å². The smallest absolute Gasteiger partial charge is 0.244 e. The third-order valence-corrected chi connectivity index (χ3v) is 2.78. The molecule has 1 atom stereocenters. The van der Waals surface area contributed by atoms with Crippen LogP contribution in [0.1, 0.15) is 33.1 Å². The van der Waals surface area contributed by atoms with E-state index in [4.69, 9.17) is 0 Å². The minimum absolute atomic E-state index is 0.169. The molecule has 1 heterocycles. The number of imide groups is 1. The van der Waals surface area contributed by atoms with Crippen molar-refractivity contribution in [1.82, 2.24) is 10.6 Å². The van der Waals surface area contributed by atoms with Gasteiger partial charge in [-0.25, -0.2) is 0 Å². The second kappa shape index (κ2) is 5.10. The monoisotopic (exact) mass is 198 g/mol. The molecule has 4 nitrogen and oxygen atoms in total. The largest absolute Gasteiger partial charge is 0.305 e. The normalized spacial score (nSPS) is 21.8. The molecule has 1 aliphatic heterocycles. The van der Waals surface area contributed by atoms with E-state index in [1.165, 1.54) is 0 Å². The number of amides is 2. The van der Waals surface area contributed by atoms with Crippen molar-refractivity contribution < 1.29 is 9.59 Å². The third kappa shape index (κ3) is 2.80. The first-order valence-corrected chi connectivity index (χ1v) is 5.24. The Morgan fingerprint density at radius 2 is 2.07 bits per heavy atom. The van der Waals surface area contributed by atoms with Gasteiger partial charge in [-0.3, -0.25) is 14.9 Å². The van der Waals surface area contributed by atoms with E-state index in [9.17, 15) is 9.59 Å². The van der Waals surface area contributed by atoms with E-state index >= 15 is 0 Å². The molecule has 1 aliphatic rings. The van der Waals surface area contributed by atoms with Crippen molar-refractivity contribution in [3.8, 4) is 0 Å². The van der Waals surface area contributed by atoms with Gasteiger partial charge in [0, 0.05) is 0 Å². The Labute approximate surface area is 84.4 Å². The lowest BCUT2D eigenvalue weighted by Gasteiger charge is -2.15. The van der Waals surface area contributed by atoms with Crippen LogP contribution in [0, 0.1) is 5.92 Å². The molecule has 4 heteroatoms. The number of hydrogen-bond acceptors (Lipinski definition) is 3. The van der Waals surface area contributed by atoms with Gasteiger partial charge in [0.15, 0.2) is 0 Å². The van der Waals surface area contributed by atoms with Crippen molar-refractivity contribution >= 4 is 11.8 Å². The van der Waals surface area contributed by atoms with Gasteiger partial charge in [0.25, 0.3) is 0 Å². The molecule has 0 aromatic carbocycles. The molecular weight excluding hydrogens is 180 g/mol. The standard InChI is InChI=1S/C10H18N2O2/c1-3-7(4-2)6-11-8-5-9(13)12-10(8)14/h7-8,11H,3-6H2,1-2H3,(H,12,13,14). The number of carbonyl (C=O) groups is 2. The number of nitrogens with one attached hydrogen (secondary N) is 2. The Bertz CT molecular complexity index is 224. The first kappa shape index (κ1) is 11.2. The predicted molar refractivity (Wildman–Crippen MR) is 53.6 cm³/mol. The Morgan fingerprint density at radius 3 is 2.50 bits per heavy atom. The number of rotatable bonds is 5. The van der Waals surface area contributed by atoms with E-state index in [1.54, 1.807) is 0 Å². The van der Waals surface area contributed by atoms with E-state index in [2.05, 4.69) is 24.5 Å². The molecule has 1 fully saturated rings.